The van der Waals surface area contributed by atoms with Crippen LogP contribution in [0.25, 0.3) is 0 Å². The first-order valence-electron chi connectivity index (χ1n) is 6.96. The van der Waals surface area contributed by atoms with Crippen LogP contribution in [0.15, 0.2) is 18.7 Å². The average molecular weight is 276 g/mol. The number of nitrogens with one attached hydrogen (secondary N) is 1. The van der Waals surface area contributed by atoms with E-state index in [9.17, 15) is 0 Å². The minimum Gasteiger partial charge on any atom is -0.383 e. The Kier molecular flexibility index (Phi) is 4.08. The molecule has 20 heavy (non-hydrogen) atoms. The van der Waals surface area contributed by atoms with Gasteiger partial charge in [-0.3, -0.25) is 0 Å². The Balaban J connectivity index is 1.55. The highest BCUT2D eigenvalue weighted by atomic mass is 16.5. The Bertz CT molecular complexity index is 545. The van der Waals surface area contributed by atoms with Crippen LogP contribution >= 0.6 is 0 Å². The molecule has 0 atom stereocenters. The highest BCUT2D eigenvalue weighted by Crippen LogP contribution is 2.35. The van der Waals surface area contributed by atoms with E-state index < -0.39 is 0 Å². The summed E-state index contributed by atoms with van der Waals surface area (Å²) >= 11 is 0. The maximum atomic E-state index is 4.98. The lowest BCUT2D eigenvalue weighted by molar-refractivity contribution is 0.199. The fourth-order valence-electron chi connectivity index (χ4n) is 2.19. The number of ether oxygens (including phenoxy) is 1. The van der Waals surface area contributed by atoms with Gasteiger partial charge in [-0.1, -0.05) is 5.21 Å². The van der Waals surface area contributed by atoms with E-state index in [0.29, 0.717) is 19.2 Å². The summed E-state index contributed by atoms with van der Waals surface area (Å²) in [5.74, 6) is 0. The molecule has 0 saturated heterocycles. The minimum absolute atomic E-state index is 0.645. The van der Waals surface area contributed by atoms with E-state index in [1.54, 1.807) is 7.11 Å². The number of nitrogens with zero attached hydrogens (tertiary/aromatic N) is 5. The molecule has 108 valence electrons. The van der Waals surface area contributed by atoms with Crippen molar-refractivity contribution in [3.63, 3.8) is 0 Å². The lowest BCUT2D eigenvalue weighted by Gasteiger charge is -2.05. The Labute approximate surface area is 117 Å². The number of imidazole rings is 1. The van der Waals surface area contributed by atoms with E-state index >= 15 is 0 Å². The van der Waals surface area contributed by atoms with Gasteiger partial charge in [0.05, 0.1) is 43.3 Å². The van der Waals surface area contributed by atoms with E-state index in [4.69, 9.17) is 4.74 Å². The largest absolute Gasteiger partial charge is 0.383 e. The van der Waals surface area contributed by atoms with Gasteiger partial charge in [0.2, 0.25) is 0 Å². The quantitative estimate of drug-likeness (QED) is 0.715. The zero-order valence-electron chi connectivity index (χ0n) is 11.7. The summed E-state index contributed by atoms with van der Waals surface area (Å²) in [4.78, 5) is 4.23. The van der Waals surface area contributed by atoms with Crippen molar-refractivity contribution in [2.75, 3.05) is 20.3 Å². The third-order valence-electron chi connectivity index (χ3n) is 3.39. The van der Waals surface area contributed by atoms with Gasteiger partial charge in [0.25, 0.3) is 0 Å². The Morgan fingerprint density at radius 1 is 1.45 bits per heavy atom. The topological polar surface area (TPSA) is 69.8 Å². The van der Waals surface area contributed by atoms with Crippen molar-refractivity contribution in [3.05, 3.63) is 30.1 Å². The lowest BCUT2D eigenvalue weighted by atomic mass is 10.4. The molecule has 1 aliphatic rings. The van der Waals surface area contributed by atoms with E-state index in [1.807, 2.05) is 23.4 Å². The van der Waals surface area contributed by atoms with Crippen LogP contribution in [0, 0.1) is 0 Å². The van der Waals surface area contributed by atoms with Crippen LogP contribution in [0.5, 0.6) is 0 Å². The Hall–Kier alpha value is -1.73. The Morgan fingerprint density at radius 3 is 3.15 bits per heavy atom. The molecule has 7 nitrogen and oxygen atoms in total. The van der Waals surface area contributed by atoms with Crippen molar-refractivity contribution in [3.8, 4) is 0 Å². The fourth-order valence-corrected chi connectivity index (χ4v) is 2.19. The second-order valence-corrected chi connectivity index (χ2v) is 5.10. The highest BCUT2D eigenvalue weighted by molar-refractivity contribution is 5.04. The molecule has 0 radical (unpaired) electrons. The number of hydrogen-bond acceptors (Lipinski definition) is 5. The molecule has 2 aromatic heterocycles. The second kappa shape index (κ2) is 6.15. The second-order valence-electron chi connectivity index (χ2n) is 5.10. The SMILES string of the molecule is COCCNCc1cn(Cc2cncn2C2CC2)nn1. The zero-order chi connectivity index (χ0) is 13.8. The number of hydrogen-bond donors (Lipinski definition) is 1. The Morgan fingerprint density at radius 2 is 2.35 bits per heavy atom. The van der Waals surface area contributed by atoms with Gasteiger partial charge in [-0.15, -0.1) is 5.10 Å². The monoisotopic (exact) mass is 276 g/mol. The smallest absolute Gasteiger partial charge is 0.0965 e. The summed E-state index contributed by atoms with van der Waals surface area (Å²) in [6.07, 6.45) is 8.32. The van der Waals surface area contributed by atoms with Crippen LogP contribution < -0.4 is 5.32 Å². The molecule has 0 aromatic carbocycles. The molecule has 2 heterocycles. The molecule has 2 aromatic rings. The number of methoxy groups -OCH3 is 1. The van der Waals surface area contributed by atoms with Crippen molar-refractivity contribution < 1.29 is 4.74 Å². The van der Waals surface area contributed by atoms with Gasteiger partial charge in [-0.25, -0.2) is 9.67 Å². The van der Waals surface area contributed by atoms with E-state index in [1.165, 1.54) is 18.5 Å². The van der Waals surface area contributed by atoms with Gasteiger partial charge in [-0.2, -0.15) is 0 Å². The van der Waals surface area contributed by atoms with Gasteiger partial charge in [0, 0.05) is 26.2 Å². The third kappa shape index (κ3) is 3.23. The van der Waals surface area contributed by atoms with Gasteiger partial charge in [-0.05, 0) is 12.8 Å². The van der Waals surface area contributed by atoms with E-state index in [-0.39, 0.29) is 0 Å². The van der Waals surface area contributed by atoms with Gasteiger partial charge in [0.1, 0.15) is 0 Å². The van der Waals surface area contributed by atoms with Crippen LogP contribution in [-0.4, -0.2) is 44.8 Å². The number of aromatic nitrogens is 5. The first kappa shape index (κ1) is 13.3. The number of rotatable bonds is 8. The van der Waals surface area contributed by atoms with E-state index in [2.05, 4.69) is 25.2 Å². The van der Waals surface area contributed by atoms with Crippen LogP contribution in [0.1, 0.15) is 30.3 Å². The molecule has 0 aliphatic heterocycles. The molecule has 3 rings (SSSR count). The molecule has 1 fully saturated rings. The minimum atomic E-state index is 0.645. The molecule has 1 aliphatic carbocycles. The molecule has 0 amide bonds. The van der Waals surface area contributed by atoms with E-state index in [0.717, 1.165) is 18.8 Å². The fraction of sp³-hybridized carbons (Fsp3) is 0.615. The maximum absolute atomic E-state index is 4.98. The maximum Gasteiger partial charge on any atom is 0.0965 e. The lowest BCUT2D eigenvalue weighted by Crippen LogP contribution is -2.18. The standard InChI is InChI=1S/C13H20N6O/c1-20-5-4-14-6-11-8-18(17-16-11)9-13-7-15-10-19(13)12-2-3-12/h7-8,10,12,14H,2-6,9H2,1H3. The van der Waals surface area contributed by atoms with Gasteiger partial charge in [0.15, 0.2) is 0 Å². The summed E-state index contributed by atoms with van der Waals surface area (Å²) in [6, 6.07) is 0.645. The molecule has 0 bridgehead atoms. The first-order valence-corrected chi connectivity index (χ1v) is 6.96. The van der Waals surface area contributed by atoms with Crippen molar-refractivity contribution in [2.24, 2.45) is 0 Å². The third-order valence-corrected chi connectivity index (χ3v) is 3.39. The van der Waals surface area contributed by atoms with Crippen molar-refractivity contribution in [1.82, 2.24) is 29.9 Å². The summed E-state index contributed by atoms with van der Waals surface area (Å²) in [5, 5.41) is 11.6. The van der Waals surface area contributed by atoms with Crippen molar-refractivity contribution >= 4 is 0 Å². The molecule has 0 unspecified atom stereocenters. The zero-order valence-corrected chi connectivity index (χ0v) is 11.7. The molecule has 7 heteroatoms. The molecular weight excluding hydrogens is 256 g/mol. The van der Waals surface area contributed by atoms with Gasteiger partial charge >= 0.3 is 0 Å². The summed E-state index contributed by atoms with van der Waals surface area (Å²) in [5.41, 5.74) is 2.13. The predicted molar refractivity (Wildman–Crippen MR) is 73.2 cm³/mol. The molecular formula is C13H20N6O. The predicted octanol–water partition coefficient (Wildman–Crippen LogP) is 0.594. The summed E-state index contributed by atoms with van der Waals surface area (Å²) in [6.45, 7) is 2.96. The van der Waals surface area contributed by atoms with Crippen molar-refractivity contribution in [1.29, 1.82) is 0 Å². The summed E-state index contributed by atoms with van der Waals surface area (Å²) < 4.78 is 9.10. The van der Waals surface area contributed by atoms with Gasteiger partial charge < -0.3 is 14.6 Å². The van der Waals surface area contributed by atoms with Crippen LogP contribution in [-0.2, 0) is 17.8 Å². The average Bonchev–Trinajstić information content (AvgIpc) is 3.03. The van der Waals surface area contributed by atoms with Crippen LogP contribution in [0.2, 0.25) is 0 Å². The van der Waals surface area contributed by atoms with Crippen molar-refractivity contribution in [2.45, 2.75) is 32.0 Å². The van der Waals surface area contributed by atoms with Crippen LogP contribution in [0.3, 0.4) is 0 Å². The molecule has 1 N–H and O–H groups in total. The molecule has 0 spiro atoms. The highest BCUT2D eigenvalue weighted by Gasteiger charge is 2.25. The summed E-state index contributed by atoms with van der Waals surface area (Å²) in [7, 11) is 1.70. The first-order chi connectivity index (χ1) is 9.86. The molecule has 1 saturated carbocycles. The van der Waals surface area contributed by atoms with Crippen LogP contribution in [0.4, 0.5) is 0 Å². The normalized spacial score (nSPS) is 14.8.